The molecule has 0 spiro atoms. The highest BCUT2D eigenvalue weighted by Crippen LogP contribution is 2.31. The Kier molecular flexibility index (Phi) is 3.10. The highest BCUT2D eigenvalue weighted by molar-refractivity contribution is 5.51. The molecule has 1 aliphatic heterocycles. The molecule has 0 amide bonds. The molecule has 6 heteroatoms. The number of rotatable bonds is 1. The molecule has 1 unspecified atom stereocenters. The molecular weight excluding hydrogens is 267 g/mol. The average Bonchev–Trinajstić information content (AvgIpc) is 2.46. The zero-order valence-electron chi connectivity index (χ0n) is 10.4. The predicted molar refractivity (Wildman–Crippen MR) is 68.9 cm³/mol. The molecule has 1 atom stereocenters. The molecule has 0 radical (unpaired) electrons. The maximum atomic E-state index is 12.5. The van der Waals surface area contributed by atoms with Crippen molar-refractivity contribution in [2.75, 3.05) is 5.32 Å². The number of anilines is 1. The second-order valence-electron chi connectivity index (χ2n) is 4.58. The molecule has 0 saturated heterocycles. The Morgan fingerprint density at radius 3 is 2.55 bits per heavy atom. The average molecular weight is 279 g/mol. The third kappa shape index (κ3) is 2.46. The van der Waals surface area contributed by atoms with Gasteiger partial charge in [0.25, 0.3) is 0 Å². The van der Waals surface area contributed by atoms with Gasteiger partial charge in [0.15, 0.2) is 0 Å². The highest BCUT2D eigenvalue weighted by Gasteiger charge is 2.30. The summed E-state index contributed by atoms with van der Waals surface area (Å²) in [4.78, 5) is 4.22. The summed E-state index contributed by atoms with van der Waals surface area (Å²) in [5.41, 5.74) is 1.92. The van der Waals surface area contributed by atoms with Crippen molar-refractivity contribution in [1.29, 1.82) is 0 Å². The van der Waals surface area contributed by atoms with Crippen molar-refractivity contribution in [3.8, 4) is 0 Å². The Bertz CT molecular complexity index is 608. The Morgan fingerprint density at radius 1 is 1.10 bits per heavy atom. The zero-order chi connectivity index (χ0) is 14.2. The maximum Gasteiger partial charge on any atom is 0.416 e. The lowest BCUT2D eigenvalue weighted by Crippen LogP contribution is -2.33. The fraction of sp³-hybridized carbons (Fsp3) is 0.214. The number of aromatic nitrogens is 1. The maximum absolute atomic E-state index is 12.5. The molecule has 2 heterocycles. The van der Waals surface area contributed by atoms with Gasteiger partial charge in [-0.05, 0) is 29.8 Å². The van der Waals surface area contributed by atoms with Gasteiger partial charge in [-0.1, -0.05) is 12.1 Å². The molecule has 0 saturated carbocycles. The van der Waals surface area contributed by atoms with Gasteiger partial charge in [-0.25, -0.2) is 0 Å². The van der Waals surface area contributed by atoms with E-state index in [0.717, 1.165) is 29.1 Å². The van der Waals surface area contributed by atoms with Crippen LogP contribution in [0.25, 0.3) is 0 Å². The molecule has 2 N–H and O–H groups in total. The van der Waals surface area contributed by atoms with Crippen molar-refractivity contribution in [1.82, 2.24) is 10.3 Å². The van der Waals surface area contributed by atoms with Crippen molar-refractivity contribution in [2.24, 2.45) is 0 Å². The summed E-state index contributed by atoms with van der Waals surface area (Å²) < 4.78 is 37.6. The summed E-state index contributed by atoms with van der Waals surface area (Å²) in [6, 6.07) is 8.87. The van der Waals surface area contributed by atoms with Gasteiger partial charge in [0.1, 0.15) is 6.17 Å². The summed E-state index contributed by atoms with van der Waals surface area (Å²) in [7, 11) is 0. The van der Waals surface area contributed by atoms with E-state index in [0.29, 0.717) is 6.54 Å². The number of alkyl halides is 3. The van der Waals surface area contributed by atoms with Gasteiger partial charge in [-0.15, -0.1) is 0 Å². The minimum Gasteiger partial charge on any atom is -0.364 e. The van der Waals surface area contributed by atoms with Crippen LogP contribution in [-0.2, 0) is 12.7 Å². The highest BCUT2D eigenvalue weighted by atomic mass is 19.4. The molecule has 1 aromatic carbocycles. The first kappa shape index (κ1) is 12.9. The monoisotopic (exact) mass is 279 g/mol. The number of hydrogen-bond donors (Lipinski definition) is 2. The van der Waals surface area contributed by atoms with Crippen molar-refractivity contribution in [3.05, 3.63) is 59.4 Å². The molecule has 3 rings (SSSR count). The molecular formula is C14H12F3N3. The van der Waals surface area contributed by atoms with Crippen LogP contribution in [0.15, 0.2) is 42.6 Å². The van der Waals surface area contributed by atoms with Crippen molar-refractivity contribution < 1.29 is 13.2 Å². The van der Waals surface area contributed by atoms with Gasteiger partial charge >= 0.3 is 6.18 Å². The molecule has 1 aliphatic rings. The fourth-order valence-corrected chi connectivity index (χ4v) is 2.18. The van der Waals surface area contributed by atoms with E-state index in [2.05, 4.69) is 15.6 Å². The number of halogens is 3. The molecule has 20 heavy (non-hydrogen) atoms. The minimum absolute atomic E-state index is 0.214. The molecule has 0 aliphatic carbocycles. The number of hydrogen-bond acceptors (Lipinski definition) is 3. The predicted octanol–water partition coefficient (Wildman–Crippen LogP) is 3.31. The van der Waals surface area contributed by atoms with Crippen LogP contribution in [0.3, 0.4) is 0 Å². The van der Waals surface area contributed by atoms with Crippen LogP contribution >= 0.6 is 0 Å². The summed E-state index contributed by atoms with van der Waals surface area (Å²) in [6.07, 6.45) is -2.81. The first-order chi connectivity index (χ1) is 9.54. The number of pyridine rings is 1. The standard InChI is InChI=1S/C14H12F3N3/c15-14(16,17)10-5-3-9(4-6-10)13-19-8-12-11(20-13)2-1-7-18-12/h1-7,13,19-20H,8H2. The second-order valence-corrected chi connectivity index (χ2v) is 4.58. The number of fused-ring (bicyclic) bond motifs is 1. The van der Waals surface area contributed by atoms with Crippen molar-refractivity contribution in [2.45, 2.75) is 18.9 Å². The van der Waals surface area contributed by atoms with Gasteiger partial charge in [0.2, 0.25) is 0 Å². The minimum atomic E-state index is -4.30. The Morgan fingerprint density at radius 2 is 1.85 bits per heavy atom. The van der Waals surface area contributed by atoms with E-state index in [9.17, 15) is 13.2 Å². The van der Waals surface area contributed by atoms with E-state index in [1.165, 1.54) is 12.1 Å². The van der Waals surface area contributed by atoms with E-state index in [1.54, 1.807) is 6.20 Å². The van der Waals surface area contributed by atoms with E-state index < -0.39 is 11.7 Å². The smallest absolute Gasteiger partial charge is 0.364 e. The van der Waals surface area contributed by atoms with Crippen LogP contribution in [0.1, 0.15) is 23.0 Å². The van der Waals surface area contributed by atoms with Gasteiger partial charge in [-0.3, -0.25) is 10.3 Å². The summed E-state index contributed by atoms with van der Waals surface area (Å²) >= 11 is 0. The van der Waals surface area contributed by atoms with E-state index in [4.69, 9.17) is 0 Å². The topological polar surface area (TPSA) is 37.0 Å². The first-order valence-electron chi connectivity index (χ1n) is 6.15. The lowest BCUT2D eigenvalue weighted by molar-refractivity contribution is -0.137. The van der Waals surface area contributed by atoms with Crippen LogP contribution in [0.2, 0.25) is 0 Å². The second kappa shape index (κ2) is 4.79. The van der Waals surface area contributed by atoms with Gasteiger partial charge in [0.05, 0.1) is 16.9 Å². The van der Waals surface area contributed by atoms with Gasteiger partial charge in [-0.2, -0.15) is 13.2 Å². The number of nitrogens with zero attached hydrogens (tertiary/aromatic N) is 1. The molecule has 2 aromatic rings. The van der Waals surface area contributed by atoms with Gasteiger partial charge < -0.3 is 5.32 Å². The van der Waals surface area contributed by atoms with E-state index in [1.807, 2.05) is 12.1 Å². The van der Waals surface area contributed by atoms with Crippen LogP contribution in [0, 0.1) is 0 Å². The Balaban J connectivity index is 1.81. The Labute approximate surface area is 113 Å². The third-order valence-corrected chi connectivity index (χ3v) is 3.24. The lowest BCUT2D eigenvalue weighted by atomic mass is 10.1. The quantitative estimate of drug-likeness (QED) is 0.841. The van der Waals surface area contributed by atoms with Crippen LogP contribution in [0.5, 0.6) is 0 Å². The molecule has 0 bridgehead atoms. The Hall–Kier alpha value is -2.08. The molecule has 1 aromatic heterocycles. The van der Waals surface area contributed by atoms with Crippen molar-refractivity contribution in [3.63, 3.8) is 0 Å². The summed E-state index contributed by atoms with van der Waals surface area (Å²) in [5.74, 6) is 0. The largest absolute Gasteiger partial charge is 0.416 e. The summed E-state index contributed by atoms with van der Waals surface area (Å²) in [6.45, 7) is 0.578. The van der Waals surface area contributed by atoms with Crippen LogP contribution in [-0.4, -0.2) is 4.98 Å². The van der Waals surface area contributed by atoms with Crippen molar-refractivity contribution >= 4 is 5.69 Å². The number of nitrogens with one attached hydrogen (secondary N) is 2. The molecule has 3 nitrogen and oxygen atoms in total. The van der Waals surface area contributed by atoms with E-state index in [-0.39, 0.29) is 6.17 Å². The fourth-order valence-electron chi connectivity index (χ4n) is 2.18. The third-order valence-electron chi connectivity index (χ3n) is 3.24. The molecule has 104 valence electrons. The van der Waals surface area contributed by atoms with Gasteiger partial charge in [0, 0.05) is 12.7 Å². The normalized spacial score (nSPS) is 18.2. The zero-order valence-corrected chi connectivity index (χ0v) is 10.4. The van der Waals surface area contributed by atoms with E-state index >= 15 is 0 Å². The SMILES string of the molecule is FC(F)(F)c1ccc(C2NCc3ncccc3N2)cc1. The molecule has 0 fully saturated rings. The lowest BCUT2D eigenvalue weighted by Gasteiger charge is -2.28. The van der Waals surface area contributed by atoms with Crippen LogP contribution in [0.4, 0.5) is 18.9 Å². The first-order valence-corrected chi connectivity index (χ1v) is 6.15. The number of benzene rings is 1. The summed E-state index contributed by atoms with van der Waals surface area (Å²) in [5, 5.41) is 6.41. The van der Waals surface area contributed by atoms with Crippen LogP contribution < -0.4 is 10.6 Å².